The van der Waals surface area contributed by atoms with E-state index in [1.807, 2.05) is 12.1 Å². The fourth-order valence-electron chi connectivity index (χ4n) is 2.23. The molecule has 1 aromatic carbocycles. The first-order valence-corrected chi connectivity index (χ1v) is 7.35. The SMILES string of the molecule is O=C1CSC(c2cccnc2)N1Cc1ccccc1F. The molecule has 1 unspecified atom stereocenters. The number of hydrogen-bond donors (Lipinski definition) is 0. The highest BCUT2D eigenvalue weighted by atomic mass is 32.2. The lowest BCUT2D eigenvalue weighted by molar-refractivity contribution is -0.128. The summed E-state index contributed by atoms with van der Waals surface area (Å²) < 4.78 is 13.7. The summed E-state index contributed by atoms with van der Waals surface area (Å²) in [6.07, 6.45) is 3.46. The Kier molecular flexibility index (Phi) is 3.69. The standard InChI is InChI=1S/C15H13FN2OS/c16-13-6-2-1-4-12(13)9-18-14(19)10-20-15(18)11-5-3-7-17-8-11/h1-8,15H,9-10H2. The lowest BCUT2D eigenvalue weighted by Crippen LogP contribution is -2.28. The predicted octanol–water partition coefficient (Wildman–Crippen LogP) is 2.99. The van der Waals surface area contributed by atoms with Crippen molar-refractivity contribution in [1.82, 2.24) is 9.88 Å². The van der Waals surface area contributed by atoms with Crippen LogP contribution in [0.1, 0.15) is 16.5 Å². The smallest absolute Gasteiger partial charge is 0.234 e. The van der Waals surface area contributed by atoms with Crippen molar-refractivity contribution in [3.63, 3.8) is 0 Å². The summed E-state index contributed by atoms with van der Waals surface area (Å²) in [6.45, 7) is 0.290. The maximum Gasteiger partial charge on any atom is 0.234 e. The van der Waals surface area contributed by atoms with Gasteiger partial charge in [0.15, 0.2) is 0 Å². The first-order valence-electron chi connectivity index (χ1n) is 6.30. The van der Waals surface area contributed by atoms with Crippen LogP contribution in [0.5, 0.6) is 0 Å². The fraction of sp³-hybridized carbons (Fsp3) is 0.200. The molecule has 0 bridgehead atoms. The van der Waals surface area contributed by atoms with Crippen molar-refractivity contribution in [1.29, 1.82) is 0 Å². The Morgan fingerprint density at radius 2 is 2.15 bits per heavy atom. The van der Waals surface area contributed by atoms with E-state index in [0.29, 0.717) is 11.3 Å². The number of carbonyl (C=O) groups excluding carboxylic acids is 1. The third-order valence-corrected chi connectivity index (χ3v) is 4.49. The summed E-state index contributed by atoms with van der Waals surface area (Å²) in [6, 6.07) is 10.4. The van der Waals surface area contributed by atoms with Crippen LogP contribution in [0.3, 0.4) is 0 Å². The molecular weight excluding hydrogens is 275 g/mol. The second-order valence-corrected chi connectivity index (χ2v) is 5.63. The molecule has 1 aliphatic heterocycles. The van der Waals surface area contributed by atoms with Crippen molar-refractivity contribution >= 4 is 17.7 Å². The summed E-state index contributed by atoms with van der Waals surface area (Å²) in [7, 11) is 0. The van der Waals surface area contributed by atoms with Gasteiger partial charge in [-0.05, 0) is 12.1 Å². The Morgan fingerprint density at radius 3 is 2.90 bits per heavy atom. The average molecular weight is 288 g/mol. The lowest BCUT2D eigenvalue weighted by Gasteiger charge is -2.24. The van der Waals surface area contributed by atoms with Gasteiger partial charge >= 0.3 is 0 Å². The van der Waals surface area contributed by atoms with Gasteiger partial charge in [-0.15, -0.1) is 11.8 Å². The number of rotatable bonds is 3. The summed E-state index contributed by atoms with van der Waals surface area (Å²) in [5, 5.41) is -0.0872. The van der Waals surface area contributed by atoms with E-state index < -0.39 is 0 Å². The van der Waals surface area contributed by atoms with Crippen molar-refractivity contribution in [3.05, 3.63) is 65.7 Å². The number of halogens is 1. The van der Waals surface area contributed by atoms with Gasteiger partial charge in [-0.25, -0.2) is 4.39 Å². The highest BCUT2D eigenvalue weighted by Gasteiger charge is 2.33. The Morgan fingerprint density at radius 1 is 1.30 bits per heavy atom. The maximum atomic E-state index is 13.7. The molecule has 1 aliphatic rings. The molecule has 2 aromatic rings. The van der Waals surface area contributed by atoms with Crippen molar-refractivity contribution < 1.29 is 9.18 Å². The normalized spacial score (nSPS) is 18.6. The minimum Gasteiger partial charge on any atom is -0.321 e. The zero-order valence-corrected chi connectivity index (χ0v) is 11.5. The van der Waals surface area contributed by atoms with Gasteiger partial charge in [0.25, 0.3) is 0 Å². The van der Waals surface area contributed by atoms with E-state index in [1.54, 1.807) is 47.3 Å². The number of pyridine rings is 1. The first-order chi connectivity index (χ1) is 9.75. The second-order valence-electron chi connectivity index (χ2n) is 4.56. The molecule has 1 amide bonds. The van der Waals surface area contributed by atoms with E-state index in [1.165, 1.54) is 6.07 Å². The molecule has 3 nitrogen and oxygen atoms in total. The Hall–Kier alpha value is -1.88. The molecule has 1 aromatic heterocycles. The van der Waals surface area contributed by atoms with E-state index in [-0.39, 0.29) is 23.6 Å². The number of thioether (sulfide) groups is 1. The van der Waals surface area contributed by atoms with Crippen LogP contribution in [0.2, 0.25) is 0 Å². The van der Waals surface area contributed by atoms with Crippen LogP contribution in [0.4, 0.5) is 4.39 Å². The zero-order valence-electron chi connectivity index (χ0n) is 10.7. The van der Waals surface area contributed by atoms with E-state index in [4.69, 9.17) is 0 Å². The van der Waals surface area contributed by atoms with Crippen LogP contribution in [0.15, 0.2) is 48.8 Å². The molecule has 0 spiro atoms. The van der Waals surface area contributed by atoms with Crippen molar-refractivity contribution in [2.24, 2.45) is 0 Å². The third-order valence-electron chi connectivity index (χ3n) is 3.24. The predicted molar refractivity (Wildman–Crippen MR) is 76.4 cm³/mol. The van der Waals surface area contributed by atoms with Crippen LogP contribution < -0.4 is 0 Å². The van der Waals surface area contributed by atoms with E-state index in [9.17, 15) is 9.18 Å². The quantitative estimate of drug-likeness (QED) is 0.870. The van der Waals surface area contributed by atoms with E-state index >= 15 is 0 Å². The number of amides is 1. The maximum absolute atomic E-state index is 13.7. The van der Waals surface area contributed by atoms with Crippen LogP contribution in [-0.4, -0.2) is 21.5 Å². The summed E-state index contributed by atoms with van der Waals surface area (Å²) in [5.74, 6) is 0.183. The molecular formula is C15H13FN2OS. The Labute approximate surface area is 120 Å². The van der Waals surface area contributed by atoms with E-state index in [0.717, 1.165) is 5.56 Å². The molecule has 1 atom stereocenters. The van der Waals surface area contributed by atoms with Gasteiger partial charge in [-0.2, -0.15) is 0 Å². The van der Waals surface area contributed by atoms with Gasteiger partial charge in [0.2, 0.25) is 5.91 Å². The van der Waals surface area contributed by atoms with Crippen LogP contribution in [0.25, 0.3) is 0 Å². The minimum absolute atomic E-state index is 0.0344. The molecule has 1 fully saturated rings. The summed E-state index contributed by atoms with van der Waals surface area (Å²) in [4.78, 5) is 17.8. The molecule has 5 heteroatoms. The molecule has 2 heterocycles. The van der Waals surface area contributed by atoms with Crippen LogP contribution in [-0.2, 0) is 11.3 Å². The molecule has 20 heavy (non-hydrogen) atoms. The van der Waals surface area contributed by atoms with Crippen molar-refractivity contribution in [3.8, 4) is 0 Å². The van der Waals surface area contributed by atoms with Gasteiger partial charge in [-0.1, -0.05) is 24.3 Å². The molecule has 3 rings (SSSR count). The number of nitrogens with zero attached hydrogens (tertiary/aromatic N) is 2. The van der Waals surface area contributed by atoms with E-state index in [2.05, 4.69) is 4.98 Å². The lowest BCUT2D eigenvalue weighted by atomic mass is 10.2. The molecule has 0 N–H and O–H groups in total. The second kappa shape index (κ2) is 5.63. The van der Waals surface area contributed by atoms with Gasteiger partial charge in [0, 0.05) is 30.1 Å². The monoisotopic (exact) mass is 288 g/mol. The number of hydrogen-bond acceptors (Lipinski definition) is 3. The molecule has 0 radical (unpaired) electrons. The summed E-state index contributed by atoms with van der Waals surface area (Å²) >= 11 is 1.55. The topological polar surface area (TPSA) is 33.2 Å². The highest BCUT2D eigenvalue weighted by Crippen LogP contribution is 2.39. The molecule has 102 valence electrons. The third kappa shape index (κ3) is 2.54. The first kappa shape index (κ1) is 13.1. The average Bonchev–Trinajstić information content (AvgIpc) is 2.84. The van der Waals surface area contributed by atoms with Crippen molar-refractivity contribution in [2.75, 3.05) is 5.75 Å². The Bertz CT molecular complexity index is 620. The number of carbonyl (C=O) groups is 1. The molecule has 0 aliphatic carbocycles. The molecule has 0 saturated carbocycles. The van der Waals surface area contributed by atoms with Gasteiger partial charge in [0.1, 0.15) is 11.2 Å². The largest absolute Gasteiger partial charge is 0.321 e. The Balaban J connectivity index is 1.86. The minimum atomic E-state index is -0.276. The van der Waals surface area contributed by atoms with Gasteiger partial charge < -0.3 is 4.90 Å². The zero-order chi connectivity index (χ0) is 13.9. The van der Waals surface area contributed by atoms with Crippen LogP contribution in [0, 0.1) is 5.82 Å². The van der Waals surface area contributed by atoms with Crippen LogP contribution >= 0.6 is 11.8 Å². The highest BCUT2D eigenvalue weighted by molar-refractivity contribution is 8.00. The number of aromatic nitrogens is 1. The fourth-order valence-corrected chi connectivity index (χ4v) is 3.40. The van der Waals surface area contributed by atoms with Crippen molar-refractivity contribution in [2.45, 2.75) is 11.9 Å². The van der Waals surface area contributed by atoms with Gasteiger partial charge in [-0.3, -0.25) is 9.78 Å². The number of benzene rings is 1. The van der Waals surface area contributed by atoms with Gasteiger partial charge in [0.05, 0.1) is 5.75 Å². The summed E-state index contributed by atoms with van der Waals surface area (Å²) in [5.41, 5.74) is 1.51. The molecule has 1 saturated heterocycles.